The average molecular weight is 332 g/mol. The maximum atomic E-state index is 13.0. The molecule has 128 valence electrons. The zero-order valence-corrected chi connectivity index (χ0v) is 13.8. The minimum absolute atomic E-state index is 0.110. The Kier molecular flexibility index (Phi) is 4.80. The van der Waals surface area contributed by atoms with Gasteiger partial charge < -0.3 is 9.42 Å². The largest absolute Gasteiger partial charge is 0.369 e. The van der Waals surface area contributed by atoms with Crippen LogP contribution in [0, 0.1) is 12.7 Å². The molecular weight excluding hydrogens is 311 g/mol. The highest BCUT2D eigenvalue weighted by atomic mass is 19.1. The molecule has 1 fully saturated rings. The Hall–Kier alpha value is -2.41. The van der Waals surface area contributed by atoms with Crippen LogP contribution in [0.15, 0.2) is 34.9 Å². The number of rotatable bonds is 4. The van der Waals surface area contributed by atoms with Crippen molar-refractivity contribution in [1.29, 1.82) is 0 Å². The van der Waals surface area contributed by atoms with Crippen LogP contribution >= 0.6 is 0 Å². The summed E-state index contributed by atoms with van der Waals surface area (Å²) in [6, 6.07) is 7.94. The van der Waals surface area contributed by atoms with E-state index in [1.165, 1.54) is 12.1 Å². The van der Waals surface area contributed by atoms with E-state index in [0.29, 0.717) is 5.88 Å². The second-order valence-electron chi connectivity index (χ2n) is 6.00. The van der Waals surface area contributed by atoms with E-state index in [1.807, 2.05) is 6.92 Å². The predicted octanol–water partition coefficient (Wildman–Crippen LogP) is 2.27. The zero-order valence-electron chi connectivity index (χ0n) is 13.8. The Morgan fingerprint density at radius 2 is 1.92 bits per heavy atom. The monoisotopic (exact) mass is 332 g/mol. The molecule has 2 heterocycles. The number of anilines is 2. The van der Waals surface area contributed by atoms with E-state index in [2.05, 4.69) is 20.3 Å². The van der Waals surface area contributed by atoms with Crippen LogP contribution in [0.4, 0.5) is 16.0 Å². The number of aromatic nitrogens is 1. The summed E-state index contributed by atoms with van der Waals surface area (Å²) in [7, 11) is 0. The third-order valence-corrected chi connectivity index (χ3v) is 4.31. The van der Waals surface area contributed by atoms with Crippen LogP contribution in [-0.2, 0) is 4.79 Å². The highest BCUT2D eigenvalue weighted by Crippen LogP contribution is 2.18. The quantitative estimate of drug-likeness (QED) is 0.931. The Morgan fingerprint density at radius 3 is 2.50 bits per heavy atom. The van der Waals surface area contributed by atoms with E-state index in [-0.39, 0.29) is 17.8 Å². The normalized spacial score (nSPS) is 16.9. The first kappa shape index (κ1) is 16.4. The van der Waals surface area contributed by atoms with Crippen LogP contribution in [0.5, 0.6) is 0 Å². The minimum atomic E-state index is -0.259. The van der Waals surface area contributed by atoms with Gasteiger partial charge >= 0.3 is 0 Å². The van der Waals surface area contributed by atoms with Gasteiger partial charge in [-0.05, 0) is 38.1 Å². The first-order chi connectivity index (χ1) is 11.5. The molecule has 1 aliphatic heterocycles. The maximum Gasteiger partial charge on any atom is 0.243 e. The van der Waals surface area contributed by atoms with Crippen molar-refractivity contribution >= 4 is 17.5 Å². The molecule has 0 bridgehead atoms. The molecule has 0 aliphatic carbocycles. The summed E-state index contributed by atoms with van der Waals surface area (Å²) in [5.41, 5.74) is 1.73. The number of nitrogens with one attached hydrogen (secondary N) is 1. The average Bonchev–Trinajstić information content (AvgIpc) is 3.00. The van der Waals surface area contributed by atoms with Crippen molar-refractivity contribution in [3.05, 3.63) is 41.8 Å². The fourth-order valence-electron chi connectivity index (χ4n) is 2.83. The number of amides is 1. The summed E-state index contributed by atoms with van der Waals surface area (Å²) in [6.07, 6.45) is 0. The number of carbonyl (C=O) groups is 1. The highest BCUT2D eigenvalue weighted by molar-refractivity contribution is 5.93. The van der Waals surface area contributed by atoms with Gasteiger partial charge in [-0.3, -0.25) is 15.0 Å². The second kappa shape index (κ2) is 7.00. The third kappa shape index (κ3) is 3.73. The summed E-state index contributed by atoms with van der Waals surface area (Å²) in [5.74, 6) is 0.0287. The van der Waals surface area contributed by atoms with Crippen molar-refractivity contribution in [3.63, 3.8) is 0 Å². The maximum absolute atomic E-state index is 13.0. The van der Waals surface area contributed by atoms with Crippen molar-refractivity contribution < 1.29 is 13.7 Å². The zero-order chi connectivity index (χ0) is 17.1. The van der Waals surface area contributed by atoms with Crippen LogP contribution in [-0.4, -0.2) is 48.2 Å². The van der Waals surface area contributed by atoms with E-state index in [4.69, 9.17) is 4.52 Å². The Morgan fingerprint density at radius 1 is 1.25 bits per heavy atom. The lowest BCUT2D eigenvalue weighted by Crippen LogP contribution is -2.52. The summed E-state index contributed by atoms with van der Waals surface area (Å²) in [4.78, 5) is 16.6. The number of piperazine rings is 1. The molecular formula is C17H21FN4O2. The highest BCUT2D eigenvalue weighted by Gasteiger charge is 2.26. The molecule has 3 rings (SSSR count). The first-order valence-electron chi connectivity index (χ1n) is 8.01. The van der Waals surface area contributed by atoms with Crippen molar-refractivity contribution in [1.82, 2.24) is 10.1 Å². The van der Waals surface area contributed by atoms with Crippen molar-refractivity contribution in [3.8, 4) is 0 Å². The summed E-state index contributed by atoms with van der Waals surface area (Å²) < 4.78 is 18.0. The molecule has 1 atom stereocenters. The number of benzene rings is 1. The molecule has 1 N–H and O–H groups in total. The first-order valence-corrected chi connectivity index (χ1v) is 8.01. The van der Waals surface area contributed by atoms with Gasteiger partial charge in [0.05, 0.1) is 11.7 Å². The molecule has 0 saturated carbocycles. The van der Waals surface area contributed by atoms with Crippen molar-refractivity contribution in [2.75, 3.05) is 36.4 Å². The van der Waals surface area contributed by atoms with Crippen LogP contribution in [0.3, 0.4) is 0 Å². The second-order valence-corrected chi connectivity index (χ2v) is 6.00. The van der Waals surface area contributed by atoms with Gasteiger partial charge in [-0.1, -0.05) is 5.16 Å². The smallest absolute Gasteiger partial charge is 0.243 e. The standard InChI is InChI=1S/C17H21FN4O2/c1-12-11-16(24-20-12)19-17(23)13(2)21-7-9-22(10-8-21)15-5-3-14(18)4-6-15/h3-6,11,13H,7-10H2,1-2H3,(H,19,23)/t13-/m0/s1. The van der Waals surface area contributed by atoms with Gasteiger partial charge in [0.25, 0.3) is 0 Å². The molecule has 7 heteroatoms. The number of hydrogen-bond donors (Lipinski definition) is 1. The van der Waals surface area contributed by atoms with Gasteiger partial charge in [-0.2, -0.15) is 0 Å². The number of nitrogens with zero attached hydrogens (tertiary/aromatic N) is 3. The van der Waals surface area contributed by atoms with Gasteiger partial charge in [0, 0.05) is 37.9 Å². The van der Waals surface area contributed by atoms with Crippen molar-refractivity contribution in [2.45, 2.75) is 19.9 Å². The molecule has 0 radical (unpaired) electrons. The van der Waals surface area contributed by atoms with Crippen LogP contribution in [0.25, 0.3) is 0 Å². The topological polar surface area (TPSA) is 61.6 Å². The predicted molar refractivity (Wildman–Crippen MR) is 89.5 cm³/mol. The minimum Gasteiger partial charge on any atom is -0.369 e. The summed E-state index contributed by atoms with van der Waals surface area (Å²) in [6.45, 7) is 6.81. The number of carbonyl (C=O) groups excluding carboxylic acids is 1. The van der Waals surface area contributed by atoms with Gasteiger partial charge in [0.1, 0.15) is 5.82 Å². The molecule has 1 aliphatic rings. The lowest BCUT2D eigenvalue weighted by molar-refractivity contribution is -0.121. The van der Waals surface area contributed by atoms with Crippen LogP contribution in [0.2, 0.25) is 0 Å². The van der Waals surface area contributed by atoms with E-state index in [0.717, 1.165) is 37.6 Å². The SMILES string of the molecule is Cc1cc(NC(=O)[C@H](C)N2CCN(c3ccc(F)cc3)CC2)on1. The number of hydrogen-bond acceptors (Lipinski definition) is 5. The van der Waals surface area contributed by atoms with E-state index in [9.17, 15) is 9.18 Å². The van der Waals surface area contributed by atoms with E-state index < -0.39 is 0 Å². The number of aryl methyl sites for hydroxylation is 1. The molecule has 6 nitrogen and oxygen atoms in total. The van der Waals surface area contributed by atoms with Crippen molar-refractivity contribution in [2.24, 2.45) is 0 Å². The Balaban J connectivity index is 1.53. The molecule has 1 saturated heterocycles. The molecule has 1 amide bonds. The Labute approximate surface area is 140 Å². The Bertz CT molecular complexity index is 693. The van der Waals surface area contributed by atoms with E-state index in [1.54, 1.807) is 25.1 Å². The molecule has 1 aromatic carbocycles. The van der Waals surface area contributed by atoms with Crippen LogP contribution in [0.1, 0.15) is 12.6 Å². The fraction of sp³-hybridized carbons (Fsp3) is 0.412. The molecule has 0 unspecified atom stereocenters. The molecule has 1 aromatic heterocycles. The lowest BCUT2D eigenvalue weighted by atomic mass is 10.2. The molecule has 24 heavy (non-hydrogen) atoms. The van der Waals surface area contributed by atoms with Gasteiger partial charge in [0.15, 0.2) is 0 Å². The van der Waals surface area contributed by atoms with Gasteiger partial charge in [0.2, 0.25) is 11.8 Å². The fourth-order valence-corrected chi connectivity index (χ4v) is 2.83. The van der Waals surface area contributed by atoms with Gasteiger partial charge in [-0.15, -0.1) is 0 Å². The summed E-state index contributed by atoms with van der Waals surface area (Å²) >= 11 is 0. The number of halogens is 1. The van der Waals surface area contributed by atoms with Gasteiger partial charge in [-0.25, -0.2) is 4.39 Å². The third-order valence-electron chi connectivity index (χ3n) is 4.31. The van der Waals surface area contributed by atoms with Crippen LogP contribution < -0.4 is 10.2 Å². The molecule has 2 aromatic rings. The van der Waals surface area contributed by atoms with E-state index >= 15 is 0 Å². The molecule has 0 spiro atoms. The summed E-state index contributed by atoms with van der Waals surface area (Å²) in [5, 5.41) is 6.50. The lowest BCUT2D eigenvalue weighted by Gasteiger charge is -2.38.